The molecule has 0 aliphatic carbocycles. The molecule has 0 saturated carbocycles. The highest BCUT2D eigenvalue weighted by Gasteiger charge is 2.33. The molecule has 1 aliphatic heterocycles. The first-order valence-corrected chi connectivity index (χ1v) is 6.81. The zero-order chi connectivity index (χ0) is 13.3. The largest absolute Gasteiger partial charge is 0.335 e. The lowest BCUT2D eigenvalue weighted by Crippen LogP contribution is -2.58. The Morgan fingerprint density at radius 1 is 1.39 bits per heavy atom. The Labute approximate surface area is 116 Å². The van der Waals surface area contributed by atoms with Crippen LogP contribution in [0.4, 0.5) is 0 Å². The average molecular weight is 312 g/mol. The lowest BCUT2D eigenvalue weighted by atomic mass is 9.99. The predicted octanol–water partition coefficient (Wildman–Crippen LogP) is 2.01. The van der Waals surface area contributed by atoms with E-state index >= 15 is 0 Å². The molecule has 1 saturated heterocycles. The van der Waals surface area contributed by atoms with E-state index in [0.29, 0.717) is 5.56 Å². The summed E-state index contributed by atoms with van der Waals surface area (Å²) in [6.07, 6.45) is 1.62. The van der Waals surface area contributed by atoms with Gasteiger partial charge in [-0.25, -0.2) is 4.98 Å². The van der Waals surface area contributed by atoms with Crippen molar-refractivity contribution < 1.29 is 4.79 Å². The second kappa shape index (κ2) is 4.97. The van der Waals surface area contributed by atoms with Crippen LogP contribution in [0.5, 0.6) is 0 Å². The van der Waals surface area contributed by atoms with Gasteiger partial charge in [0.1, 0.15) is 4.60 Å². The van der Waals surface area contributed by atoms with Crippen molar-refractivity contribution in [2.24, 2.45) is 0 Å². The molecule has 0 aromatic carbocycles. The summed E-state index contributed by atoms with van der Waals surface area (Å²) in [5.41, 5.74) is 0.676. The molecule has 5 heteroatoms. The van der Waals surface area contributed by atoms with Crippen LogP contribution in [0.25, 0.3) is 0 Å². The summed E-state index contributed by atoms with van der Waals surface area (Å²) in [7, 11) is 2.10. The first kappa shape index (κ1) is 13.5. The van der Waals surface area contributed by atoms with Crippen molar-refractivity contribution in [1.29, 1.82) is 0 Å². The van der Waals surface area contributed by atoms with Gasteiger partial charge in [-0.2, -0.15) is 0 Å². The van der Waals surface area contributed by atoms with Crippen LogP contribution < -0.4 is 0 Å². The van der Waals surface area contributed by atoms with Gasteiger partial charge in [-0.3, -0.25) is 9.69 Å². The fraction of sp³-hybridized carbons (Fsp3) is 0.538. The quantitative estimate of drug-likeness (QED) is 0.744. The Bertz CT molecular complexity index is 444. The lowest BCUT2D eigenvalue weighted by Gasteiger charge is -2.45. The number of rotatable bonds is 1. The molecule has 0 unspecified atom stereocenters. The maximum absolute atomic E-state index is 12.4. The molecule has 1 aromatic heterocycles. The van der Waals surface area contributed by atoms with Gasteiger partial charge < -0.3 is 4.90 Å². The standard InChI is InChI=1S/C13H18BrN3O/c1-13(2)9-17(7-6-16(13)3)12(18)10-4-5-11(14)15-8-10/h4-5,8H,6-7,9H2,1-3H3. The minimum atomic E-state index is 0.0245. The molecule has 2 rings (SSSR count). The fourth-order valence-electron chi connectivity index (χ4n) is 2.10. The summed E-state index contributed by atoms with van der Waals surface area (Å²) >= 11 is 3.27. The third-order valence-corrected chi connectivity index (χ3v) is 4.05. The molecular weight excluding hydrogens is 294 g/mol. The number of aromatic nitrogens is 1. The van der Waals surface area contributed by atoms with Crippen LogP contribution in [0.2, 0.25) is 0 Å². The van der Waals surface area contributed by atoms with Crippen molar-refractivity contribution >= 4 is 21.8 Å². The molecule has 1 aromatic rings. The number of carbonyl (C=O) groups excluding carboxylic acids is 1. The minimum absolute atomic E-state index is 0.0245. The molecule has 1 amide bonds. The minimum Gasteiger partial charge on any atom is -0.335 e. The molecule has 0 radical (unpaired) electrons. The van der Waals surface area contributed by atoms with E-state index in [-0.39, 0.29) is 11.4 Å². The van der Waals surface area contributed by atoms with Crippen molar-refractivity contribution in [1.82, 2.24) is 14.8 Å². The van der Waals surface area contributed by atoms with Crippen molar-refractivity contribution in [3.05, 3.63) is 28.5 Å². The highest BCUT2D eigenvalue weighted by atomic mass is 79.9. The molecule has 1 aliphatic rings. The van der Waals surface area contributed by atoms with Crippen LogP contribution in [-0.4, -0.2) is 52.9 Å². The SMILES string of the molecule is CN1CCN(C(=O)c2ccc(Br)nc2)CC1(C)C. The van der Waals surface area contributed by atoms with Gasteiger partial charge in [0.05, 0.1) is 5.56 Å². The predicted molar refractivity (Wildman–Crippen MR) is 74.5 cm³/mol. The van der Waals surface area contributed by atoms with E-state index in [0.717, 1.165) is 24.2 Å². The molecule has 0 bridgehead atoms. The summed E-state index contributed by atoms with van der Waals surface area (Å²) in [4.78, 5) is 20.7. The normalized spacial score (nSPS) is 19.9. The third kappa shape index (κ3) is 2.72. The van der Waals surface area contributed by atoms with Gasteiger partial charge in [0.2, 0.25) is 0 Å². The highest BCUT2D eigenvalue weighted by Crippen LogP contribution is 2.20. The first-order chi connectivity index (χ1) is 8.40. The van der Waals surface area contributed by atoms with Crippen LogP contribution in [0.3, 0.4) is 0 Å². The molecule has 0 N–H and O–H groups in total. The van der Waals surface area contributed by atoms with Gasteiger partial charge in [0, 0.05) is 31.4 Å². The summed E-state index contributed by atoms with van der Waals surface area (Å²) in [6, 6.07) is 3.61. The molecule has 98 valence electrons. The number of halogens is 1. The smallest absolute Gasteiger partial charge is 0.255 e. The summed E-state index contributed by atoms with van der Waals surface area (Å²) in [6.45, 7) is 6.74. The Kier molecular flexibility index (Phi) is 3.73. The van der Waals surface area contributed by atoms with Gasteiger partial charge in [0.25, 0.3) is 5.91 Å². The van der Waals surface area contributed by atoms with E-state index in [2.05, 4.69) is 46.7 Å². The van der Waals surface area contributed by atoms with E-state index in [1.807, 2.05) is 11.0 Å². The molecule has 0 spiro atoms. The first-order valence-electron chi connectivity index (χ1n) is 6.02. The van der Waals surface area contributed by atoms with Crippen molar-refractivity contribution in [3.63, 3.8) is 0 Å². The number of likely N-dealkylation sites (N-methyl/N-ethyl adjacent to an activating group) is 1. The molecule has 0 atom stereocenters. The van der Waals surface area contributed by atoms with E-state index in [4.69, 9.17) is 0 Å². The Morgan fingerprint density at radius 3 is 2.67 bits per heavy atom. The highest BCUT2D eigenvalue weighted by molar-refractivity contribution is 9.10. The van der Waals surface area contributed by atoms with Gasteiger partial charge >= 0.3 is 0 Å². The number of carbonyl (C=O) groups is 1. The van der Waals surface area contributed by atoms with Gasteiger partial charge in [0.15, 0.2) is 0 Å². The Balaban J connectivity index is 2.13. The summed E-state index contributed by atoms with van der Waals surface area (Å²) < 4.78 is 0.748. The fourth-order valence-corrected chi connectivity index (χ4v) is 2.33. The van der Waals surface area contributed by atoms with Crippen molar-refractivity contribution in [2.45, 2.75) is 19.4 Å². The van der Waals surface area contributed by atoms with E-state index in [1.165, 1.54) is 0 Å². The van der Waals surface area contributed by atoms with Crippen molar-refractivity contribution in [2.75, 3.05) is 26.7 Å². The molecule has 2 heterocycles. The summed E-state index contributed by atoms with van der Waals surface area (Å²) in [5, 5.41) is 0. The van der Waals surface area contributed by atoms with E-state index in [1.54, 1.807) is 12.3 Å². The second-order valence-corrected chi connectivity index (χ2v) is 6.14. The maximum atomic E-state index is 12.4. The topological polar surface area (TPSA) is 36.4 Å². The maximum Gasteiger partial charge on any atom is 0.255 e. The summed E-state index contributed by atoms with van der Waals surface area (Å²) in [5.74, 6) is 0.0659. The molecule has 4 nitrogen and oxygen atoms in total. The van der Waals surface area contributed by atoms with Gasteiger partial charge in [-0.15, -0.1) is 0 Å². The number of piperazine rings is 1. The van der Waals surface area contributed by atoms with Crippen LogP contribution in [0.15, 0.2) is 22.9 Å². The van der Waals surface area contributed by atoms with E-state index in [9.17, 15) is 4.79 Å². The third-order valence-electron chi connectivity index (χ3n) is 3.58. The van der Waals surface area contributed by atoms with Crippen molar-refractivity contribution in [3.8, 4) is 0 Å². The number of nitrogens with zero attached hydrogens (tertiary/aromatic N) is 3. The molecule has 18 heavy (non-hydrogen) atoms. The van der Waals surface area contributed by atoms with Gasteiger partial charge in [-0.1, -0.05) is 0 Å². The molecule has 1 fully saturated rings. The second-order valence-electron chi connectivity index (χ2n) is 5.33. The Hall–Kier alpha value is -0.940. The van der Waals surface area contributed by atoms with Crippen LogP contribution in [0, 0.1) is 0 Å². The number of hydrogen-bond donors (Lipinski definition) is 0. The lowest BCUT2D eigenvalue weighted by molar-refractivity contribution is 0.0311. The number of hydrogen-bond acceptors (Lipinski definition) is 3. The Morgan fingerprint density at radius 2 is 2.11 bits per heavy atom. The van der Waals surface area contributed by atoms with E-state index < -0.39 is 0 Å². The van der Waals surface area contributed by atoms with Crippen LogP contribution >= 0.6 is 15.9 Å². The number of pyridine rings is 1. The zero-order valence-electron chi connectivity index (χ0n) is 11.0. The molecular formula is C13H18BrN3O. The van der Waals surface area contributed by atoms with Crippen LogP contribution in [-0.2, 0) is 0 Å². The average Bonchev–Trinajstić information content (AvgIpc) is 2.33. The monoisotopic (exact) mass is 311 g/mol. The number of amides is 1. The van der Waals surface area contributed by atoms with Crippen LogP contribution in [0.1, 0.15) is 24.2 Å². The van der Waals surface area contributed by atoms with Gasteiger partial charge in [-0.05, 0) is 49.0 Å². The zero-order valence-corrected chi connectivity index (χ0v) is 12.6.